The maximum absolute atomic E-state index is 12.2. The zero-order valence-electron chi connectivity index (χ0n) is 15.4. The van der Waals surface area contributed by atoms with Crippen LogP contribution >= 0.6 is 15.9 Å². The molecule has 3 aliphatic rings. The van der Waals surface area contributed by atoms with Crippen LogP contribution < -0.4 is 14.8 Å². The van der Waals surface area contributed by atoms with E-state index >= 15 is 0 Å². The van der Waals surface area contributed by atoms with Crippen LogP contribution in [0.5, 0.6) is 11.5 Å². The van der Waals surface area contributed by atoms with E-state index in [0.29, 0.717) is 18.1 Å². The zero-order valence-corrected chi connectivity index (χ0v) is 17.0. The van der Waals surface area contributed by atoms with Gasteiger partial charge >= 0.3 is 5.97 Å². The SMILES string of the molecule is CCOC(=O)c1ccc2c(c1)[C@@H]1C=CC[C@@H]1[C@H](c1cc3c(cc1Br)OCO3)N2. The van der Waals surface area contributed by atoms with E-state index in [0.717, 1.165) is 39.2 Å². The second kappa shape index (κ2) is 6.85. The zero-order chi connectivity index (χ0) is 19.3. The Morgan fingerprint density at radius 2 is 2.04 bits per heavy atom. The van der Waals surface area contributed by atoms with E-state index in [-0.39, 0.29) is 24.7 Å². The van der Waals surface area contributed by atoms with Gasteiger partial charge in [0.25, 0.3) is 0 Å². The molecule has 2 aromatic carbocycles. The third-order valence-electron chi connectivity index (χ3n) is 5.70. The number of ether oxygens (including phenoxy) is 3. The minimum Gasteiger partial charge on any atom is -0.462 e. The Labute approximate surface area is 171 Å². The van der Waals surface area contributed by atoms with Crippen LogP contribution in [0.2, 0.25) is 0 Å². The molecule has 0 spiro atoms. The predicted molar refractivity (Wildman–Crippen MR) is 109 cm³/mol. The van der Waals surface area contributed by atoms with Gasteiger partial charge in [0.1, 0.15) is 0 Å². The van der Waals surface area contributed by atoms with Crippen molar-refractivity contribution in [3.63, 3.8) is 0 Å². The molecule has 0 bridgehead atoms. The Kier molecular flexibility index (Phi) is 4.31. The highest BCUT2D eigenvalue weighted by molar-refractivity contribution is 9.10. The molecule has 0 aromatic heterocycles. The molecule has 0 saturated carbocycles. The number of halogens is 1. The quantitative estimate of drug-likeness (QED) is 0.525. The fourth-order valence-electron chi connectivity index (χ4n) is 4.41. The smallest absolute Gasteiger partial charge is 0.338 e. The van der Waals surface area contributed by atoms with Gasteiger partial charge in [0.05, 0.1) is 18.2 Å². The van der Waals surface area contributed by atoms with Gasteiger partial charge in [0.2, 0.25) is 6.79 Å². The van der Waals surface area contributed by atoms with Gasteiger partial charge < -0.3 is 19.5 Å². The summed E-state index contributed by atoms with van der Waals surface area (Å²) in [5.74, 6) is 1.90. The molecule has 2 aromatic rings. The molecule has 0 unspecified atom stereocenters. The summed E-state index contributed by atoms with van der Waals surface area (Å²) in [6.07, 6.45) is 5.47. The summed E-state index contributed by atoms with van der Waals surface area (Å²) in [4.78, 5) is 12.2. The molecule has 0 saturated heterocycles. The number of benzene rings is 2. The van der Waals surface area contributed by atoms with Crippen LogP contribution in [0.15, 0.2) is 47.0 Å². The van der Waals surface area contributed by atoms with Crippen molar-refractivity contribution in [2.24, 2.45) is 5.92 Å². The third-order valence-corrected chi connectivity index (χ3v) is 6.39. The summed E-state index contributed by atoms with van der Waals surface area (Å²) < 4.78 is 17.3. The molecule has 28 heavy (non-hydrogen) atoms. The highest BCUT2D eigenvalue weighted by atomic mass is 79.9. The number of fused-ring (bicyclic) bond motifs is 4. The van der Waals surface area contributed by atoms with Crippen molar-refractivity contribution >= 4 is 27.6 Å². The molecule has 0 radical (unpaired) electrons. The molecule has 1 aliphatic carbocycles. The van der Waals surface area contributed by atoms with Crippen LogP contribution in [-0.2, 0) is 4.74 Å². The number of allylic oxidation sites excluding steroid dienone is 2. The van der Waals surface area contributed by atoms with Gasteiger partial charge in [-0.15, -0.1) is 0 Å². The topological polar surface area (TPSA) is 56.8 Å². The lowest BCUT2D eigenvalue weighted by molar-refractivity contribution is 0.0526. The fourth-order valence-corrected chi connectivity index (χ4v) is 4.98. The molecule has 1 N–H and O–H groups in total. The first-order valence-electron chi connectivity index (χ1n) is 9.49. The number of anilines is 1. The summed E-state index contributed by atoms with van der Waals surface area (Å²) in [6, 6.07) is 9.96. The molecular formula is C22H20BrNO4. The number of esters is 1. The van der Waals surface area contributed by atoms with Crippen LogP contribution in [0.1, 0.15) is 46.8 Å². The van der Waals surface area contributed by atoms with Crippen LogP contribution in [-0.4, -0.2) is 19.4 Å². The molecule has 6 heteroatoms. The Morgan fingerprint density at radius 1 is 1.21 bits per heavy atom. The third kappa shape index (κ3) is 2.78. The van der Waals surface area contributed by atoms with Crippen molar-refractivity contribution in [1.82, 2.24) is 0 Å². The second-order valence-corrected chi connectivity index (χ2v) is 8.08. The second-order valence-electron chi connectivity index (χ2n) is 7.22. The lowest BCUT2D eigenvalue weighted by Crippen LogP contribution is -2.29. The van der Waals surface area contributed by atoms with E-state index in [1.54, 1.807) is 0 Å². The summed E-state index contributed by atoms with van der Waals surface area (Å²) in [7, 11) is 0. The van der Waals surface area contributed by atoms with E-state index < -0.39 is 0 Å². The average molecular weight is 442 g/mol. The molecule has 0 amide bonds. The largest absolute Gasteiger partial charge is 0.462 e. The Bertz CT molecular complexity index is 987. The van der Waals surface area contributed by atoms with Crippen molar-refractivity contribution in [1.29, 1.82) is 0 Å². The minimum atomic E-state index is -0.274. The molecule has 144 valence electrons. The van der Waals surface area contributed by atoms with Crippen molar-refractivity contribution in [3.8, 4) is 11.5 Å². The molecular weight excluding hydrogens is 422 g/mol. The lowest BCUT2D eigenvalue weighted by atomic mass is 9.76. The number of carbonyl (C=O) groups excluding carboxylic acids is 1. The van der Waals surface area contributed by atoms with E-state index in [9.17, 15) is 4.79 Å². The summed E-state index contributed by atoms with van der Waals surface area (Å²) >= 11 is 3.71. The molecule has 5 nitrogen and oxygen atoms in total. The van der Waals surface area contributed by atoms with E-state index in [1.807, 2.05) is 31.2 Å². The lowest BCUT2D eigenvalue weighted by Gasteiger charge is -2.38. The van der Waals surface area contributed by atoms with Gasteiger partial charge in [-0.05, 0) is 60.7 Å². The molecule has 3 atom stereocenters. The normalized spacial score (nSPS) is 23.7. The van der Waals surface area contributed by atoms with E-state index in [2.05, 4.69) is 39.5 Å². The van der Waals surface area contributed by atoms with Gasteiger partial charge in [-0.25, -0.2) is 4.79 Å². The van der Waals surface area contributed by atoms with Crippen LogP contribution in [0, 0.1) is 5.92 Å². The van der Waals surface area contributed by atoms with E-state index in [4.69, 9.17) is 14.2 Å². The van der Waals surface area contributed by atoms with Crippen LogP contribution in [0.25, 0.3) is 0 Å². The van der Waals surface area contributed by atoms with Crippen molar-refractivity contribution in [2.75, 3.05) is 18.7 Å². The average Bonchev–Trinajstić information content (AvgIpc) is 3.36. The van der Waals surface area contributed by atoms with Crippen molar-refractivity contribution in [3.05, 3.63) is 63.6 Å². The Morgan fingerprint density at radius 3 is 2.86 bits per heavy atom. The molecule has 0 fully saturated rings. The monoisotopic (exact) mass is 441 g/mol. The predicted octanol–water partition coefficient (Wildman–Crippen LogP) is 5.18. The first-order valence-corrected chi connectivity index (χ1v) is 10.3. The molecule has 2 heterocycles. The van der Waals surface area contributed by atoms with Crippen LogP contribution in [0.3, 0.4) is 0 Å². The van der Waals surface area contributed by atoms with Crippen molar-refractivity contribution in [2.45, 2.75) is 25.3 Å². The summed E-state index contributed by atoms with van der Waals surface area (Å²) in [6.45, 7) is 2.46. The number of carbonyl (C=O) groups is 1. The van der Waals surface area contributed by atoms with Crippen molar-refractivity contribution < 1.29 is 19.0 Å². The van der Waals surface area contributed by atoms with Gasteiger partial charge in [-0.2, -0.15) is 0 Å². The number of rotatable bonds is 3. The highest BCUT2D eigenvalue weighted by Gasteiger charge is 2.39. The fraction of sp³-hybridized carbons (Fsp3) is 0.318. The maximum atomic E-state index is 12.2. The number of hydrogen-bond acceptors (Lipinski definition) is 5. The van der Waals surface area contributed by atoms with Gasteiger partial charge in [-0.3, -0.25) is 0 Å². The summed E-state index contributed by atoms with van der Waals surface area (Å²) in [5.41, 5.74) is 3.96. The van der Waals surface area contributed by atoms with Crippen LogP contribution in [0.4, 0.5) is 5.69 Å². The van der Waals surface area contributed by atoms with Gasteiger partial charge in [-0.1, -0.05) is 28.1 Å². The molecule has 5 rings (SSSR count). The Hall–Kier alpha value is -2.47. The molecule has 2 aliphatic heterocycles. The first-order chi connectivity index (χ1) is 13.7. The number of hydrogen-bond donors (Lipinski definition) is 1. The number of nitrogens with one attached hydrogen (secondary N) is 1. The Balaban J connectivity index is 1.54. The highest BCUT2D eigenvalue weighted by Crippen LogP contribution is 2.52. The van der Waals surface area contributed by atoms with Gasteiger partial charge in [0.15, 0.2) is 11.5 Å². The maximum Gasteiger partial charge on any atom is 0.338 e. The van der Waals surface area contributed by atoms with Gasteiger partial charge in [0, 0.05) is 16.1 Å². The first kappa shape index (κ1) is 17.6. The standard InChI is InChI=1S/C22H20BrNO4/c1-2-26-22(25)12-6-7-18-15(8-12)13-4-3-5-14(13)21(24-18)16-9-19-20(10-17(16)23)28-11-27-19/h3-4,6-10,13-14,21,24H,2,5,11H2,1H3/t13-,14+,21-/m1/s1. The summed E-state index contributed by atoms with van der Waals surface area (Å²) in [5, 5.41) is 3.70. The van der Waals surface area contributed by atoms with E-state index in [1.165, 1.54) is 0 Å². The minimum absolute atomic E-state index is 0.129.